The number of thiazole rings is 1. The average Bonchev–Trinajstić information content (AvgIpc) is 3.65. The molecule has 188 valence electrons. The van der Waals surface area contributed by atoms with Gasteiger partial charge in [0.25, 0.3) is 5.19 Å². The highest BCUT2D eigenvalue weighted by Crippen LogP contribution is 2.36. The van der Waals surface area contributed by atoms with Gasteiger partial charge in [-0.2, -0.15) is 0 Å². The lowest BCUT2D eigenvalue weighted by atomic mass is 10.1. The summed E-state index contributed by atoms with van der Waals surface area (Å²) in [5.74, 6) is 1.45. The highest BCUT2D eigenvalue weighted by molar-refractivity contribution is 14.1. The number of rotatable bonds is 7. The Balaban J connectivity index is 1.34. The smallest absolute Gasteiger partial charge is 0.294 e. The number of hydrogen-bond acceptors (Lipinski definition) is 8. The lowest BCUT2D eigenvalue weighted by molar-refractivity contribution is 0.306. The van der Waals surface area contributed by atoms with Gasteiger partial charge in [0.05, 0.1) is 24.4 Å². The number of hydrogen-bond donors (Lipinski definition) is 0. The summed E-state index contributed by atoms with van der Waals surface area (Å²) in [6.07, 6.45) is 2.71. The number of nitrogens with zero attached hydrogens (tertiary/aromatic N) is 4. The highest BCUT2D eigenvalue weighted by Gasteiger charge is 2.21. The molecular formula is C25H21IN4O3P2S2. The van der Waals surface area contributed by atoms with Crippen LogP contribution in [0.2, 0.25) is 0 Å². The first-order valence-electron chi connectivity index (χ1n) is 11.3. The van der Waals surface area contributed by atoms with Crippen LogP contribution in [0, 0.1) is 3.57 Å². The molecule has 0 spiro atoms. The van der Waals surface area contributed by atoms with Crippen molar-refractivity contribution in [2.45, 2.75) is 20.0 Å². The van der Waals surface area contributed by atoms with Crippen LogP contribution in [-0.2, 0) is 13.0 Å². The second-order valence-corrected chi connectivity index (χ2v) is 12.4. The van der Waals surface area contributed by atoms with Gasteiger partial charge >= 0.3 is 0 Å². The van der Waals surface area contributed by atoms with E-state index in [1.165, 1.54) is 14.9 Å². The second kappa shape index (κ2) is 10.2. The third-order valence-electron chi connectivity index (χ3n) is 5.88. The number of aryl methyl sites for hydroxylation is 1. The third kappa shape index (κ3) is 4.68. The Morgan fingerprint density at radius 1 is 1.19 bits per heavy atom. The van der Waals surface area contributed by atoms with Gasteiger partial charge in [0.1, 0.15) is 28.6 Å². The predicted octanol–water partition coefficient (Wildman–Crippen LogP) is 6.08. The quantitative estimate of drug-likeness (QED) is 0.151. The zero-order chi connectivity index (χ0) is 25.7. The summed E-state index contributed by atoms with van der Waals surface area (Å²) in [6, 6.07) is 10.4. The number of benzene rings is 2. The van der Waals surface area contributed by atoms with E-state index in [2.05, 4.69) is 88.8 Å². The van der Waals surface area contributed by atoms with Gasteiger partial charge < -0.3 is 13.9 Å². The van der Waals surface area contributed by atoms with Gasteiger partial charge in [-0.3, -0.25) is 0 Å². The maximum Gasteiger partial charge on any atom is 0.294 e. The molecule has 37 heavy (non-hydrogen) atoms. The van der Waals surface area contributed by atoms with Crippen molar-refractivity contribution < 1.29 is 13.9 Å². The standard InChI is InChI=1S/C25H21IN4O3P2S2/c1-3-12-7-16(32-10-13-11-36-23(27-13)19-14(26)5-4-6-18(19)34)20-17(8-12)33-21(22(20)35)15-9-30-24(28-15)37-25(29-30)31-2/h4-9,11H,3,10,34-35H2,1-2H3. The molecule has 6 rings (SSSR count). The zero-order valence-electron chi connectivity index (χ0n) is 19.8. The minimum Gasteiger partial charge on any atom is -0.486 e. The molecule has 0 amide bonds. The van der Waals surface area contributed by atoms with E-state index in [4.69, 9.17) is 23.9 Å². The number of ether oxygens (including phenoxy) is 2. The summed E-state index contributed by atoms with van der Waals surface area (Å²) >= 11 is 5.37. The van der Waals surface area contributed by atoms with Gasteiger partial charge in [0.2, 0.25) is 4.96 Å². The normalized spacial score (nSPS) is 11.6. The van der Waals surface area contributed by atoms with E-state index in [0.717, 1.165) is 60.5 Å². The van der Waals surface area contributed by atoms with E-state index in [9.17, 15) is 0 Å². The first-order chi connectivity index (χ1) is 17.9. The molecule has 0 aliphatic heterocycles. The maximum atomic E-state index is 6.37. The van der Waals surface area contributed by atoms with Crippen LogP contribution in [0.25, 0.3) is 38.0 Å². The lowest BCUT2D eigenvalue weighted by Gasteiger charge is -2.09. The Labute approximate surface area is 239 Å². The van der Waals surface area contributed by atoms with E-state index in [1.54, 1.807) is 23.0 Å². The zero-order valence-corrected chi connectivity index (χ0v) is 25.9. The largest absolute Gasteiger partial charge is 0.486 e. The molecule has 4 aromatic heterocycles. The Bertz CT molecular complexity index is 1720. The van der Waals surface area contributed by atoms with Crippen molar-refractivity contribution in [3.8, 4) is 33.0 Å². The molecular weight excluding hydrogens is 657 g/mol. The molecule has 0 saturated carbocycles. The van der Waals surface area contributed by atoms with E-state index >= 15 is 0 Å². The first-order valence-corrected chi connectivity index (χ1v) is 15.2. The summed E-state index contributed by atoms with van der Waals surface area (Å²) in [4.78, 5) is 10.3. The van der Waals surface area contributed by atoms with Crippen molar-refractivity contribution in [2.24, 2.45) is 0 Å². The molecule has 0 bridgehead atoms. The SMILES string of the molecule is CCc1cc(OCc2csc(-c3c(P)cccc3I)n2)c2c(P)c(-c3cn4nc(OC)sc4n3)oc2c1. The molecule has 4 heterocycles. The van der Waals surface area contributed by atoms with Crippen LogP contribution in [0.5, 0.6) is 10.9 Å². The van der Waals surface area contributed by atoms with E-state index in [0.29, 0.717) is 23.3 Å². The molecule has 0 N–H and O–H groups in total. The van der Waals surface area contributed by atoms with E-state index in [1.807, 2.05) is 6.20 Å². The van der Waals surface area contributed by atoms with Crippen molar-refractivity contribution in [1.29, 1.82) is 0 Å². The third-order valence-corrected chi connectivity index (χ3v) is 9.60. The maximum absolute atomic E-state index is 6.37. The molecule has 2 aromatic carbocycles. The number of aromatic nitrogens is 4. The summed E-state index contributed by atoms with van der Waals surface area (Å²) in [5, 5.41) is 10.9. The highest BCUT2D eigenvalue weighted by atomic mass is 127. The van der Waals surface area contributed by atoms with Crippen molar-refractivity contribution in [2.75, 3.05) is 7.11 Å². The monoisotopic (exact) mass is 678 g/mol. The molecule has 2 atom stereocenters. The van der Waals surface area contributed by atoms with Crippen molar-refractivity contribution in [1.82, 2.24) is 19.6 Å². The van der Waals surface area contributed by atoms with E-state index in [-0.39, 0.29) is 0 Å². The summed E-state index contributed by atoms with van der Waals surface area (Å²) < 4.78 is 20.8. The minimum atomic E-state index is 0.364. The first kappa shape index (κ1) is 25.2. The van der Waals surface area contributed by atoms with Gasteiger partial charge in [-0.15, -0.1) is 34.9 Å². The van der Waals surface area contributed by atoms with Crippen LogP contribution in [0.3, 0.4) is 0 Å². The van der Waals surface area contributed by atoms with Crippen LogP contribution in [-0.4, -0.2) is 26.7 Å². The molecule has 0 aliphatic rings. The van der Waals surface area contributed by atoms with Crippen molar-refractivity contribution in [3.63, 3.8) is 0 Å². The molecule has 0 saturated heterocycles. The number of imidazole rings is 1. The summed E-state index contributed by atoms with van der Waals surface area (Å²) in [6.45, 7) is 2.48. The topological polar surface area (TPSA) is 74.7 Å². The molecule has 2 unspecified atom stereocenters. The van der Waals surface area contributed by atoms with Crippen LogP contribution in [0.15, 0.2) is 46.3 Å². The number of fused-ring (bicyclic) bond motifs is 2. The van der Waals surface area contributed by atoms with Crippen LogP contribution in [0.1, 0.15) is 18.2 Å². The second-order valence-electron chi connectivity index (χ2n) is 8.23. The number of methoxy groups -OCH3 is 1. The van der Waals surface area contributed by atoms with Crippen LogP contribution in [0.4, 0.5) is 0 Å². The van der Waals surface area contributed by atoms with Gasteiger partial charge in [0, 0.05) is 19.8 Å². The molecule has 0 radical (unpaired) electrons. The van der Waals surface area contributed by atoms with Gasteiger partial charge in [0.15, 0.2) is 5.76 Å². The van der Waals surface area contributed by atoms with Gasteiger partial charge in [-0.25, -0.2) is 14.5 Å². The fraction of sp³-hybridized carbons (Fsp3) is 0.160. The van der Waals surface area contributed by atoms with E-state index < -0.39 is 0 Å². The van der Waals surface area contributed by atoms with Crippen LogP contribution >= 0.6 is 63.7 Å². The van der Waals surface area contributed by atoms with Crippen molar-refractivity contribution >= 4 is 90.3 Å². The Morgan fingerprint density at radius 2 is 2.05 bits per heavy atom. The van der Waals surface area contributed by atoms with Crippen LogP contribution < -0.4 is 20.1 Å². The number of furan rings is 1. The Morgan fingerprint density at radius 3 is 2.81 bits per heavy atom. The summed E-state index contributed by atoms with van der Waals surface area (Å²) in [5.41, 5.74) is 4.65. The molecule has 0 fully saturated rings. The fourth-order valence-electron chi connectivity index (χ4n) is 4.06. The minimum absolute atomic E-state index is 0.364. The molecule has 6 aromatic rings. The Kier molecular flexibility index (Phi) is 6.96. The summed E-state index contributed by atoms with van der Waals surface area (Å²) in [7, 11) is 7.21. The Hall–Kier alpha value is -2.10. The molecule has 12 heteroatoms. The predicted molar refractivity (Wildman–Crippen MR) is 165 cm³/mol. The molecule has 7 nitrogen and oxygen atoms in total. The van der Waals surface area contributed by atoms with Gasteiger partial charge in [-0.05, 0) is 69.4 Å². The fourth-order valence-corrected chi connectivity index (χ4v) is 7.89. The lowest BCUT2D eigenvalue weighted by Crippen LogP contribution is -2.02. The molecule has 0 aliphatic carbocycles. The van der Waals surface area contributed by atoms with Crippen molar-refractivity contribution in [3.05, 3.63) is 56.7 Å². The number of halogens is 1. The van der Waals surface area contributed by atoms with Gasteiger partial charge in [-0.1, -0.05) is 19.1 Å². The average molecular weight is 678 g/mol.